The van der Waals surface area contributed by atoms with Crippen LogP contribution in [-0.4, -0.2) is 64.9 Å². The molecule has 4 saturated carbocycles. The Morgan fingerprint density at radius 3 is 2.44 bits per heavy atom. The van der Waals surface area contributed by atoms with Crippen LogP contribution in [0.4, 0.5) is 4.39 Å². The van der Waals surface area contributed by atoms with E-state index in [1.807, 2.05) is 4.31 Å². The molecule has 9 unspecified atom stereocenters. The number of carbonyl (C=O) groups excluding carboxylic acids is 1. The van der Waals surface area contributed by atoms with Gasteiger partial charge >= 0.3 is 0 Å². The topological polar surface area (TPSA) is 40.6 Å². The van der Waals surface area contributed by atoms with Gasteiger partial charge in [0.2, 0.25) is 0 Å². The van der Waals surface area contributed by atoms with Gasteiger partial charge in [-0.1, -0.05) is 6.92 Å². The third kappa shape index (κ3) is 4.15. The van der Waals surface area contributed by atoms with E-state index in [9.17, 15) is 13.4 Å². The second-order valence-electron chi connectivity index (χ2n) is 12.0. The van der Waals surface area contributed by atoms with Gasteiger partial charge in [0.1, 0.15) is 5.78 Å². The molecule has 0 spiro atoms. The zero-order chi connectivity index (χ0) is 22.5. The molecular weight excluding hydrogens is 423 g/mol. The molecule has 1 aliphatic heterocycles. The van der Waals surface area contributed by atoms with E-state index >= 15 is 0 Å². The molecule has 182 valence electrons. The Hall–Kier alpha value is -0.330. The highest BCUT2D eigenvalue weighted by atomic mass is 32.2. The fourth-order valence-corrected chi connectivity index (χ4v) is 9.77. The van der Waals surface area contributed by atoms with Crippen LogP contribution >= 0.6 is 0 Å². The van der Waals surface area contributed by atoms with E-state index in [2.05, 4.69) is 11.8 Å². The van der Waals surface area contributed by atoms with Crippen molar-refractivity contribution in [1.82, 2.24) is 9.21 Å². The summed E-state index contributed by atoms with van der Waals surface area (Å²) in [5, 5.41) is 0. The molecule has 0 aromatic carbocycles. The Balaban J connectivity index is 1.21. The summed E-state index contributed by atoms with van der Waals surface area (Å²) in [4.78, 5) is 15.8. The highest BCUT2D eigenvalue weighted by Gasteiger charge is 2.58. The summed E-state index contributed by atoms with van der Waals surface area (Å²) in [5.41, 5.74) is 0.188. The van der Waals surface area contributed by atoms with Crippen LogP contribution in [0.3, 0.4) is 0 Å². The molecule has 9 atom stereocenters. The second kappa shape index (κ2) is 9.37. The first kappa shape index (κ1) is 23.4. The summed E-state index contributed by atoms with van der Waals surface area (Å²) in [6, 6.07) is 0. The number of hydrogen-bond acceptors (Lipinski definition) is 3. The first-order valence-corrected chi connectivity index (χ1v) is 14.8. The Morgan fingerprint density at radius 2 is 1.72 bits per heavy atom. The monoisotopic (exact) mass is 466 g/mol. The summed E-state index contributed by atoms with van der Waals surface area (Å²) < 4.78 is 27.0. The van der Waals surface area contributed by atoms with Gasteiger partial charge in [-0.15, -0.1) is 0 Å². The highest BCUT2D eigenvalue weighted by Crippen LogP contribution is 2.64. The molecule has 5 fully saturated rings. The number of piperazine rings is 1. The fraction of sp³-hybridized carbons (Fsp3) is 0.962. The smallest absolute Gasteiger partial charge is 0.150 e. The van der Waals surface area contributed by atoms with Crippen molar-refractivity contribution in [3.05, 3.63) is 0 Å². The molecule has 32 heavy (non-hydrogen) atoms. The Kier molecular flexibility index (Phi) is 6.86. The van der Waals surface area contributed by atoms with Crippen LogP contribution in [0.5, 0.6) is 0 Å². The molecule has 0 radical (unpaired) electrons. The Morgan fingerprint density at radius 1 is 0.969 bits per heavy atom. The number of alkyl halides is 1. The van der Waals surface area contributed by atoms with Crippen LogP contribution in [0.1, 0.15) is 64.7 Å². The molecule has 0 amide bonds. The van der Waals surface area contributed by atoms with E-state index in [-0.39, 0.29) is 18.0 Å². The SMILES string of the molecule is CS(=O)N1CCN(CC(=O)C2CCC3C4CCC5CC(CF)CCC5C4CCC23C)CC1. The van der Waals surface area contributed by atoms with Gasteiger partial charge in [-0.25, -0.2) is 8.51 Å². The summed E-state index contributed by atoms with van der Waals surface area (Å²) >= 11 is 0. The molecule has 0 N–H and O–H groups in total. The first-order chi connectivity index (χ1) is 15.4. The summed E-state index contributed by atoms with van der Waals surface area (Å²) in [5.74, 6) is 4.98. The van der Waals surface area contributed by atoms with Crippen LogP contribution in [0.15, 0.2) is 0 Å². The third-order valence-corrected chi connectivity index (χ3v) is 11.8. The van der Waals surface area contributed by atoms with E-state index in [1.54, 1.807) is 6.26 Å². The lowest BCUT2D eigenvalue weighted by Gasteiger charge is -2.56. The second-order valence-corrected chi connectivity index (χ2v) is 13.4. The molecule has 0 bridgehead atoms. The van der Waals surface area contributed by atoms with Crippen molar-refractivity contribution in [3.8, 4) is 0 Å². The summed E-state index contributed by atoms with van der Waals surface area (Å²) in [6.45, 7) is 6.23. The van der Waals surface area contributed by atoms with Crippen molar-refractivity contribution in [1.29, 1.82) is 0 Å². The van der Waals surface area contributed by atoms with Crippen LogP contribution in [0.2, 0.25) is 0 Å². The predicted octanol–water partition coefficient (Wildman–Crippen LogP) is 4.32. The number of ketones is 1. The lowest BCUT2D eigenvalue weighted by Crippen LogP contribution is -2.51. The minimum Gasteiger partial charge on any atom is -0.298 e. The molecule has 0 aromatic rings. The molecule has 1 saturated heterocycles. The standard InChI is InChI=1S/C26H43FN2O2S/c1-26-10-9-21-20-5-3-18(16-27)15-19(20)4-6-22(21)23(26)7-8-24(26)25(30)17-28-11-13-29(14-12-28)32(2)31/h18-24H,3-17H2,1-2H3. The van der Waals surface area contributed by atoms with Crippen molar-refractivity contribution in [2.75, 3.05) is 45.7 Å². The molecule has 4 nitrogen and oxygen atoms in total. The molecule has 6 heteroatoms. The van der Waals surface area contributed by atoms with Gasteiger partial charge in [-0.05, 0) is 98.7 Å². The van der Waals surface area contributed by atoms with Crippen LogP contribution in [0, 0.1) is 46.8 Å². The van der Waals surface area contributed by atoms with E-state index in [0.717, 1.165) is 75.0 Å². The molecule has 1 heterocycles. The van der Waals surface area contributed by atoms with Gasteiger partial charge in [0.15, 0.2) is 0 Å². The maximum absolute atomic E-state index is 13.5. The van der Waals surface area contributed by atoms with Crippen molar-refractivity contribution in [3.63, 3.8) is 0 Å². The minimum atomic E-state index is -0.901. The fourth-order valence-electron chi connectivity index (χ4n) is 9.09. The van der Waals surface area contributed by atoms with Gasteiger partial charge in [-0.2, -0.15) is 0 Å². The molecule has 5 aliphatic rings. The third-order valence-electron chi connectivity index (χ3n) is 10.7. The van der Waals surface area contributed by atoms with Gasteiger partial charge in [-0.3, -0.25) is 14.1 Å². The average Bonchev–Trinajstić information content (AvgIpc) is 3.16. The maximum Gasteiger partial charge on any atom is 0.150 e. The molecule has 0 aromatic heterocycles. The average molecular weight is 467 g/mol. The van der Waals surface area contributed by atoms with E-state index in [4.69, 9.17) is 0 Å². The lowest BCUT2D eigenvalue weighted by atomic mass is 9.49. The van der Waals surface area contributed by atoms with Crippen molar-refractivity contribution < 1.29 is 13.4 Å². The summed E-state index contributed by atoms with van der Waals surface area (Å²) in [6.07, 6.45) is 12.7. The number of fused-ring (bicyclic) bond motifs is 5. The number of halogens is 1. The number of nitrogens with zero attached hydrogens (tertiary/aromatic N) is 2. The van der Waals surface area contributed by atoms with Gasteiger partial charge in [0.25, 0.3) is 0 Å². The Labute approximate surface area is 196 Å². The van der Waals surface area contributed by atoms with Crippen LogP contribution in [-0.2, 0) is 15.8 Å². The summed E-state index contributed by atoms with van der Waals surface area (Å²) in [7, 11) is -0.901. The molecular formula is C26H43FN2O2S. The van der Waals surface area contributed by atoms with Gasteiger partial charge in [0.05, 0.1) is 24.2 Å². The highest BCUT2D eigenvalue weighted by molar-refractivity contribution is 7.81. The van der Waals surface area contributed by atoms with Crippen LogP contribution in [0.25, 0.3) is 0 Å². The van der Waals surface area contributed by atoms with Gasteiger partial charge in [0, 0.05) is 38.4 Å². The van der Waals surface area contributed by atoms with E-state index in [0.29, 0.717) is 18.2 Å². The largest absolute Gasteiger partial charge is 0.298 e. The maximum atomic E-state index is 13.5. The zero-order valence-electron chi connectivity index (χ0n) is 20.1. The lowest BCUT2D eigenvalue weighted by molar-refractivity contribution is -0.132. The normalized spacial score (nSPS) is 46.2. The van der Waals surface area contributed by atoms with Gasteiger partial charge < -0.3 is 0 Å². The van der Waals surface area contributed by atoms with Crippen molar-refractivity contribution >= 4 is 16.8 Å². The minimum absolute atomic E-state index is 0.118. The van der Waals surface area contributed by atoms with Crippen molar-refractivity contribution in [2.24, 2.45) is 46.8 Å². The number of hydrogen-bond donors (Lipinski definition) is 0. The van der Waals surface area contributed by atoms with Crippen LogP contribution < -0.4 is 0 Å². The zero-order valence-corrected chi connectivity index (χ0v) is 21.0. The number of Topliss-reactive ketones (excluding diaryl/α,β-unsaturated/α-hetero) is 1. The first-order valence-electron chi connectivity index (χ1n) is 13.3. The van der Waals surface area contributed by atoms with E-state index < -0.39 is 11.0 Å². The number of rotatable bonds is 5. The molecule has 4 aliphatic carbocycles. The number of carbonyl (C=O) groups is 1. The van der Waals surface area contributed by atoms with Crippen molar-refractivity contribution in [2.45, 2.75) is 64.7 Å². The predicted molar refractivity (Wildman–Crippen MR) is 127 cm³/mol. The van der Waals surface area contributed by atoms with E-state index in [1.165, 1.54) is 38.5 Å². The quantitative estimate of drug-likeness (QED) is 0.606. The molecule has 5 rings (SSSR count). The Bertz CT molecular complexity index is 727.